The molecule has 0 atom stereocenters. The normalized spacial score (nSPS) is 18.3. The summed E-state index contributed by atoms with van der Waals surface area (Å²) in [6, 6.07) is 14.8. The van der Waals surface area contributed by atoms with Crippen molar-refractivity contribution < 1.29 is 14.3 Å². The van der Waals surface area contributed by atoms with Crippen molar-refractivity contribution in [2.75, 3.05) is 13.1 Å². The van der Waals surface area contributed by atoms with Crippen LogP contribution in [-0.2, 0) is 16.1 Å². The largest absolute Gasteiger partial charge is 0.462 e. The number of H-pyrrole nitrogens is 1. The predicted octanol–water partition coefficient (Wildman–Crippen LogP) is 4.08. The van der Waals surface area contributed by atoms with Crippen LogP contribution >= 0.6 is 0 Å². The van der Waals surface area contributed by atoms with E-state index in [1.54, 1.807) is 6.92 Å². The van der Waals surface area contributed by atoms with Crippen LogP contribution in [0.3, 0.4) is 0 Å². The third-order valence-electron chi connectivity index (χ3n) is 5.70. The summed E-state index contributed by atoms with van der Waals surface area (Å²) in [5.41, 5.74) is 4.55. The van der Waals surface area contributed by atoms with Crippen LogP contribution in [0.5, 0.6) is 5.75 Å². The molecule has 0 unspecified atom stereocenters. The molecule has 3 aromatic rings. The maximum absolute atomic E-state index is 11.5. The summed E-state index contributed by atoms with van der Waals surface area (Å²) in [5, 5.41) is 1.20. The average Bonchev–Trinajstić information content (AvgIpc) is 3.16. The molecule has 1 aromatic heterocycles. The van der Waals surface area contributed by atoms with E-state index in [1.807, 2.05) is 17.2 Å². The molecule has 138 valence electrons. The number of fused-ring (bicyclic) bond motifs is 2. The van der Waals surface area contributed by atoms with E-state index in [-0.39, 0.29) is 5.91 Å². The molecule has 0 aliphatic carbocycles. The molecule has 27 heavy (non-hydrogen) atoms. The molecule has 5 nitrogen and oxygen atoms in total. The molecule has 1 fully saturated rings. The SMILES string of the molecule is CC(=O)N1CCC2(CC1)OCc1cc(-c3ccc4[nH]ccc4c3)ccc1O2. The molecule has 0 bridgehead atoms. The maximum atomic E-state index is 11.5. The zero-order chi connectivity index (χ0) is 18.4. The lowest BCUT2D eigenvalue weighted by Crippen LogP contribution is -2.52. The number of hydrogen-bond donors (Lipinski definition) is 1. The molecule has 1 saturated heterocycles. The number of piperidine rings is 1. The Kier molecular flexibility index (Phi) is 3.72. The number of carbonyl (C=O) groups excluding carboxylic acids is 1. The van der Waals surface area contributed by atoms with Crippen molar-refractivity contribution in [2.45, 2.75) is 32.2 Å². The Morgan fingerprint density at radius 1 is 1.07 bits per heavy atom. The van der Waals surface area contributed by atoms with Crippen molar-refractivity contribution in [3.63, 3.8) is 0 Å². The summed E-state index contributed by atoms with van der Waals surface area (Å²) in [6.07, 6.45) is 3.37. The fraction of sp³-hybridized carbons (Fsp3) is 0.318. The molecule has 1 N–H and O–H groups in total. The van der Waals surface area contributed by atoms with Crippen LogP contribution in [0.1, 0.15) is 25.3 Å². The van der Waals surface area contributed by atoms with E-state index < -0.39 is 5.79 Å². The molecular formula is C22H22N2O3. The second-order valence-corrected chi connectivity index (χ2v) is 7.41. The second-order valence-electron chi connectivity index (χ2n) is 7.41. The van der Waals surface area contributed by atoms with Crippen molar-refractivity contribution in [1.82, 2.24) is 9.88 Å². The molecule has 1 spiro atoms. The third-order valence-corrected chi connectivity index (χ3v) is 5.70. The van der Waals surface area contributed by atoms with Gasteiger partial charge in [-0.3, -0.25) is 4.79 Å². The minimum atomic E-state index is -0.593. The number of amides is 1. The van der Waals surface area contributed by atoms with Gasteiger partial charge in [0.05, 0.1) is 6.61 Å². The molecule has 0 saturated carbocycles. The summed E-state index contributed by atoms with van der Waals surface area (Å²) in [4.78, 5) is 16.6. The van der Waals surface area contributed by atoms with E-state index >= 15 is 0 Å². The molecular weight excluding hydrogens is 340 g/mol. The van der Waals surface area contributed by atoms with Crippen molar-refractivity contribution >= 4 is 16.8 Å². The first kappa shape index (κ1) is 16.4. The number of likely N-dealkylation sites (tertiary alicyclic amines) is 1. The lowest BCUT2D eigenvalue weighted by atomic mass is 9.98. The van der Waals surface area contributed by atoms with Crippen molar-refractivity contribution in [1.29, 1.82) is 0 Å². The Hall–Kier alpha value is -2.79. The van der Waals surface area contributed by atoms with Gasteiger partial charge in [-0.1, -0.05) is 12.1 Å². The number of aromatic nitrogens is 1. The first-order valence-electron chi connectivity index (χ1n) is 9.41. The van der Waals surface area contributed by atoms with Gasteiger partial charge < -0.3 is 19.4 Å². The Labute approximate surface area is 157 Å². The van der Waals surface area contributed by atoms with Crippen LogP contribution in [0.15, 0.2) is 48.7 Å². The monoisotopic (exact) mass is 362 g/mol. The van der Waals surface area contributed by atoms with Gasteiger partial charge in [-0.05, 0) is 46.8 Å². The summed E-state index contributed by atoms with van der Waals surface area (Å²) in [7, 11) is 0. The lowest BCUT2D eigenvalue weighted by Gasteiger charge is -2.43. The highest BCUT2D eigenvalue weighted by atomic mass is 16.7. The molecule has 2 aromatic carbocycles. The number of nitrogens with zero attached hydrogens (tertiary/aromatic N) is 1. The van der Waals surface area contributed by atoms with Crippen LogP contribution in [0.25, 0.3) is 22.0 Å². The van der Waals surface area contributed by atoms with E-state index in [1.165, 1.54) is 10.9 Å². The van der Waals surface area contributed by atoms with Gasteiger partial charge >= 0.3 is 0 Å². The molecule has 2 aliphatic rings. The minimum Gasteiger partial charge on any atom is -0.462 e. The van der Waals surface area contributed by atoms with Gasteiger partial charge in [0, 0.05) is 50.1 Å². The van der Waals surface area contributed by atoms with Crippen LogP contribution < -0.4 is 4.74 Å². The number of benzene rings is 2. The number of rotatable bonds is 1. The quantitative estimate of drug-likeness (QED) is 0.710. The number of ether oxygens (including phenoxy) is 2. The molecule has 3 heterocycles. The lowest BCUT2D eigenvalue weighted by molar-refractivity contribution is -0.227. The number of carbonyl (C=O) groups is 1. The Morgan fingerprint density at radius 3 is 2.67 bits per heavy atom. The highest BCUT2D eigenvalue weighted by Crippen LogP contribution is 2.39. The van der Waals surface area contributed by atoms with Gasteiger partial charge in [0.25, 0.3) is 0 Å². The van der Waals surface area contributed by atoms with Crippen LogP contribution in [0.2, 0.25) is 0 Å². The number of hydrogen-bond acceptors (Lipinski definition) is 3. The van der Waals surface area contributed by atoms with Crippen molar-refractivity contribution in [2.24, 2.45) is 0 Å². The van der Waals surface area contributed by atoms with E-state index in [0.29, 0.717) is 32.5 Å². The van der Waals surface area contributed by atoms with Gasteiger partial charge in [0.2, 0.25) is 11.7 Å². The smallest absolute Gasteiger partial charge is 0.219 e. The van der Waals surface area contributed by atoms with Gasteiger partial charge in [0.1, 0.15) is 5.75 Å². The minimum absolute atomic E-state index is 0.116. The van der Waals surface area contributed by atoms with Gasteiger partial charge in [0.15, 0.2) is 0 Å². The topological polar surface area (TPSA) is 54.6 Å². The summed E-state index contributed by atoms with van der Waals surface area (Å²) in [5.74, 6) is 0.416. The fourth-order valence-corrected chi connectivity index (χ4v) is 4.05. The molecule has 5 heteroatoms. The third kappa shape index (κ3) is 2.88. The van der Waals surface area contributed by atoms with Crippen LogP contribution in [0.4, 0.5) is 0 Å². The van der Waals surface area contributed by atoms with E-state index in [9.17, 15) is 4.79 Å². The zero-order valence-corrected chi connectivity index (χ0v) is 15.3. The Bertz CT molecular complexity index is 1020. The van der Waals surface area contributed by atoms with Crippen LogP contribution in [0, 0.1) is 0 Å². The molecule has 0 radical (unpaired) electrons. The van der Waals surface area contributed by atoms with Crippen LogP contribution in [-0.4, -0.2) is 34.7 Å². The molecule has 1 amide bonds. The second kappa shape index (κ2) is 6.13. The van der Waals surface area contributed by atoms with Gasteiger partial charge in [-0.25, -0.2) is 0 Å². The van der Waals surface area contributed by atoms with Gasteiger partial charge in [-0.15, -0.1) is 0 Å². The standard InChI is InChI=1S/C22H22N2O3/c1-15(25)24-10-7-22(8-11-24)26-14-19-13-17(3-5-21(19)27-22)16-2-4-20-18(12-16)6-9-23-20/h2-6,9,12-13,23H,7-8,10-11,14H2,1H3. The highest BCUT2D eigenvalue weighted by molar-refractivity contribution is 5.85. The van der Waals surface area contributed by atoms with Gasteiger partial charge in [-0.2, -0.15) is 0 Å². The molecule has 5 rings (SSSR count). The first-order chi connectivity index (χ1) is 13.1. The average molecular weight is 362 g/mol. The van der Waals surface area contributed by atoms with E-state index in [4.69, 9.17) is 9.47 Å². The number of aromatic amines is 1. The summed E-state index contributed by atoms with van der Waals surface area (Å²) >= 11 is 0. The van der Waals surface area contributed by atoms with Crippen molar-refractivity contribution in [3.05, 3.63) is 54.2 Å². The fourth-order valence-electron chi connectivity index (χ4n) is 4.05. The predicted molar refractivity (Wildman–Crippen MR) is 103 cm³/mol. The molecule has 2 aliphatic heterocycles. The van der Waals surface area contributed by atoms with E-state index in [2.05, 4.69) is 41.4 Å². The first-order valence-corrected chi connectivity index (χ1v) is 9.41. The Balaban J connectivity index is 1.39. The Morgan fingerprint density at radius 2 is 1.85 bits per heavy atom. The maximum Gasteiger partial charge on any atom is 0.219 e. The summed E-state index contributed by atoms with van der Waals surface area (Å²) in [6.45, 7) is 3.51. The van der Waals surface area contributed by atoms with Crippen molar-refractivity contribution in [3.8, 4) is 16.9 Å². The number of nitrogens with one attached hydrogen (secondary N) is 1. The summed E-state index contributed by atoms with van der Waals surface area (Å²) < 4.78 is 12.4. The van der Waals surface area contributed by atoms with E-state index in [0.717, 1.165) is 22.4 Å². The highest BCUT2D eigenvalue weighted by Gasteiger charge is 2.41. The zero-order valence-electron chi connectivity index (χ0n) is 15.3.